The minimum Gasteiger partial charge on any atom is -0.449 e. The molecule has 0 saturated carbocycles. The lowest BCUT2D eigenvalue weighted by Gasteiger charge is -2.25. The molecule has 1 aliphatic carbocycles. The summed E-state index contributed by atoms with van der Waals surface area (Å²) in [6, 6.07) is 44.6. The van der Waals surface area contributed by atoms with E-state index in [9.17, 15) is 0 Å². The van der Waals surface area contributed by atoms with Gasteiger partial charge in [-0.1, -0.05) is 123 Å². The molecule has 5 nitrogen and oxygen atoms in total. The number of aliphatic imine (C=N–C) groups is 2. The molecule has 226 valence electrons. The fraction of sp³-hybridized carbons (Fsp3) is 0.0714. The first-order valence-corrected chi connectivity index (χ1v) is 15.6. The molecule has 0 spiro atoms. The average Bonchev–Trinajstić information content (AvgIpc) is 3.36. The number of hydrogen-bond donors (Lipinski definition) is 1. The summed E-state index contributed by atoms with van der Waals surface area (Å²) in [6.45, 7) is 8.24. The van der Waals surface area contributed by atoms with Crippen LogP contribution in [0.15, 0.2) is 143 Å². The quantitative estimate of drug-likeness (QED) is 0.159. The van der Waals surface area contributed by atoms with Crippen LogP contribution in [-0.4, -0.2) is 18.4 Å². The molecule has 8 rings (SSSR count). The number of hydrogen-bond acceptors (Lipinski definition) is 3. The van der Waals surface area contributed by atoms with Crippen LogP contribution in [-0.2, 0) is 5.41 Å². The highest BCUT2D eigenvalue weighted by molar-refractivity contribution is 6.12. The van der Waals surface area contributed by atoms with Crippen molar-refractivity contribution in [3.63, 3.8) is 0 Å². The highest BCUT2D eigenvalue weighted by atomic mass is 16.6. The van der Waals surface area contributed by atoms with Crippen molar-refractivity contribution >= 4 is 18.4 Å². The van der Waals surface area contributed by atoms with Crippen LogP contribution < -0.4 is 9.47 Å². The molecule has 0 radical (unpaired) electrons. The van der Waals surface area contributed by atoms with Gasteiger partial charge in [0.2, 0.25) is 0 Å². The van der Waals surface area contributed by atoms with Crippen LogP contribution in [0.3, 0.4) is 0 Å². The Kier molecular flexibility index (Phi) is 6.69. The Balaban J connectivity index is 1.04. The van der Waals surface area contributed by atoms with Crippen molar-refractivity contribution in [2.24, 2.45) is 9.98 Å². The van der Waals surface area contributed by atoms with Crippen LogP contribution in [0.5, 0.6) is 23.0 Å². The largest absolute Gasteiger partial charge is 0.449 e. The zero-order valence-electron chi connectivity index (χ0n) is 26.1. The van der Waals surface area contributed by atoms with Gasteiger partial charge in [0, 0.05) is 22.1 Å². The first kappa shape index (κ1) is 28.4. The Morgan fingerprint density at radius 3 is 2.09 bits per heavy atom. The van der Waals surface area contributed by atoms with Gasteiger partial charge in [0.15, 0.2) is 34.7 Å². The molecule has 47 heavy (non-hydrogen) atoms. The van der Waals surface area contributed by atoms with Gasteiger partial charge in [-0.2, -0.15) is 0 Å². The molecule has 0 bridgehead atoms. The highest BCUT2D eigenvalue weighted by Crippen LogP contribution is 2.58. The fourth-order valence-electron chi connectivity index (χ4n) is 6.66. The van der Waals surface area contributed by atoms with E-state index in [1.54, 1.807) is 0 Å². The van der Waals surface area contributed by atoms with Gasteiger partial charge in [0.25, 0.3) is 0 Å². The monoisotopic (exact) mass is 609 g/mol. The van der Waals surface area contributed by atoms with Crippen LogP contribution in [0.2, 0.25) is 0 Å². The van der Waals surface area contributed by atoms with Gasteiger partial charge in [-0.3, -0.25) is 5.41 Å². The number of benzene rings is 6. The molecule has 0 fully saturated rings. The van der Waals surface area contributed by atoms with Gasteiger partial charge >= 0.3 is 0 Å². The Labute approximate surface area is 274 Å². The van der Waals surface area contributed by atoms with Crippen LogP contribution in [0.1, 0.15) is 36.1 Å². The maximum absolute atomic E-state index is 8.71. The molecule has 0 saturated heterocycles. The molecule has 0 amide bonds. The van der Waals surface area contributed by atoms with Crippen molar-refractivity contribution in [1.82, 2.24) is 0 Å². The lowest BCUT2D eigenvalue weighted by atomic mass is 9.82. The number of ether oxygens (including phenoxy) is 2. The standard InChI is InChI=1S/C42H31N3O2/c1-42(2)33-15-8-7-14-32(33)38-34(42)21-23-36-39(38)47-35-22-20-30(25-37(35)46-36)27-16-18-28(19-17-27)40(43)45-41(44-3)31-13-9-12-29(24-31)26-10-5-4-6-11-26/h4-25,43H,3H2,1-2H3. The van der Waals surface area contributed by atoms with E-state index >= 15 is 0 Å². The maximum atomic E-state index is 8.71. The van der Waals surface area contributed by atoms with E-state index in [-0.39, 0.29) is 11.3 Å². The minimum absolute atomic E-state index is 0.111. The van der Waals surface area contributed by atoms with Gasteiger partial charge in [0.1, 0.15) is 0 Å². The lowest BCUT2D eigenvalue weighted by Crippen LogP contribution is -2.15. The van der Waals surface area contributed by atoms with E-state index < -0.39 is 0 Å². The molecule has 1 heterocycles. The van der Waals surface area contributed by atoms with Crippen LogP contribution in [0.25, 0.3) is 33.4 Å². The predicted molar refractivity (Wildman–Crippen MR) is 191 cm³/mol. The number of nitrogens with zero attached hydrogens (tertiary/aromatic N) is 2. The Bertz CT molecular complexity index is 2250. The normalized spacial score (nSPS) is 13.7. The number of fused-ring (bicyclic) bond motifs is 6. The maximum Gasteiger partial charge on any atom is 0.178 e. The molecule has 0 unspecified atom stereocenters. The molecule has 0 aromatic heterocycles. The van der Waals surface area contributed by atoms with Crippen molar-refractivity contribution in [3.8, 4) is 56.4 Å². The molecule has 6 aromatic rings. The van der Waals surface area contributed by atoms with Crippen molar-refractivity contribution in [2.75, 3.05) is 0 Å². The Morgan fingerprint density at radius 1 is 0.596 bits per heavy atom. The first-order chi connectivity index (χ1) is 22.9. The molecule has 6 aromatic carbocycles. The lowest BCUT2D eigenvalue weighted by molar-refractivity contribution is 0.360. The summed E-state index contributed by atoms with van der Waals surface area (Å²) in [5, 5.41) is 8.71. The Hall–Kier alpha value is -6.07. The zero-order valence-corrected chi connectivity index (χ0v) is 26.1. The van der Waals surface area contributed by atoms with Crippen molar-refractivity contribution in [1.29, 1.82) is 5.41 Å². The van der Waals surface area contributed by atoms with E-state index in [1.165, 1.54) is 16.7 Å². The van der Waals surface area contributed by atoms with Crippen LogP contribution in [0, 0.1) is 5.41 Å². The number of nitrogens with one attached hydrogen (secondary N) is 1. The summed E-state index contributed by atoms with van der Waals surface area (Å²) in [7, 11) is 0. The second kappa shape index (κ2) is 11.1. The van der Waals surface area contributed by atoms with Crippen LogP contribution in [0.4, 0.5) is 0 Å². The minimum atomic E-state index is -0.112. The molecular formula is C42H31N3O2. The van der Waals surface area contributed by atoms with E-state index in [0.717, 1.165) is 39.1 Å². The summed E-state index contributed by atoms with van der Waals surface area (Å²) in [5.74, 6) is 3.35. The summed E-state index contributed by atoms with van der Waals surface area (Å²) < 4.78 is 13.0. The average molecular weight is 610 g/mol. The second-order valence-electron chi connectivity index (χ2n) is 12.3. The van der Waals surface area contributed by atoms with Crippen molar-refractivity contribution in [3.05, 3.63) is 156 Å². The molecule has 1 N–H and O–H groups in total. The fourth-order valence-corrected chi connectivity index (χ4v) is 6.66. The molecular weight excluding hydrogens is 578 g/mol. The summed E-state index contributed by atoms with van der Waals surface area (Å²) in [4.78, 5) is 8.68. The van der Waals surface area contributed by atoms with Gasteiger partial charge in [-0.05, 0) is 69.9 Å². The first-order valence-electron chi connectivity index (χ1n) is 15.6. The SMILES string of the molecule is C=NC(=NC(=N)c1ccc(-c2ccc3c(c2)Oc2ccc4c(c2O3)-c2ccccc2C4(C)C)cc1)c1cccc(-c2ccccc2)c1. The molecule has 5 heteroatoms. The zero-order chi connectivity index (χ0) is 32.1. The van der Waals surface area contributed by atoms with E-state index in [0.29, 0.717) is 28.6 Å². The third-order valence-corrected chi connectivity index (χ3v) is 9.13. The molecule has 2 aliphatic rings. The van der Waals surface area contributed by atoms with Gasteiger partial charge in [-0.15, -0.1) is 0 Å². The van der Waals surface area contributed by atoms with Crippen molar-refractivity contribution in [2.45, 2.75) is 19.3 Å². The smallest absolute Gasteiger partial charge is 0.178 e. The van der Waals surface area contributed by atoms with Gasteiger partial charge < -0.3 is 9.47 Å². The van der Waals surface area contributed by atoms with E-state index in [1.807, 2.05) is 91.0 Å². The Morgan fingerprint density at radius 2 is 1.28 bits per heavy atom. The predicted octanol–water partition coefficient (Wildman–Crippen LogP) is 10.7. The van der Waals surface area contributed by atoms with Crippen molar-refractivity contribution < 1.29 is 9.47 Å². The second-order valence-corrected chi connectivity index (χ2v) is 12.3. The summed E-state index contributed by atoms with van der Waals surface area (Å²) in [6.07, 6.45) is 0. The van der Waals surface area contributed by atoms with E-state index in [4.69, 9.17) is 14.9 Å². The van der Waals surface area contributed by atoms with Crippen LogP contribution >= 0.6 is 0 Å². The number of amidine groups is 2. The topological polar surface area (TPSA) is 67.0 Å². The van der Waals surface area contributed by atoms with Gasteiger partial charge in [-0.25, -0.2) is 9.98 Å². The highest BCUT2D eigenvalue weighted by Gasteiger charge is 2.39. The number of rotatable bonds is 4. The summed E-state index contributed by atoms with van der Waals surface area (Å²) >= 11 is 0. The van der Waals surface area contributed by atoms with Gasteiger partial charge in [0.05, 0.1) is 0 Å². The third kappa shape index (κ3) is 4.84. The molecule has 0 atom stereocenters. The summed E-state index contributed by atoms with van der Waals surface area (Å²) in [5.41, 5.74) is 10.3. The van der Waals surface area contributed by atoms with E-state index in [2.05, 4.69) is 73.0 Å². The third-order valence-electron chi connectivity index (χ3n) is 9.13. The molecule has 1 aliphatic heterocycles.